The van der Waals surface area contributed by atoms with E-state index in [1.54, 1.807) is 0 Å². The SMILES string of the molecule is Cc1cccc(CN2CCc3c(nc(-c4ccccc4)[nH]c3=O)C2)c1. The Kier molecular flexibility index (Phi) is 4.20. The van der Waals surface area contributed by atoms with E-state index in [0.717, 1.165) is 36.3 Å². The first-order valence-corrected chi connectivity index (χ1v) is 8.64. The molecule has 0 saturated carbocycles. The number of aromatic amines is 1. The summed E-state index contributed by atoms with van der Waals surface area (Å²) in [5.41, 5.74) is 5.26. The smallest absolute Gasteiger partial charge is 0.254 e. The van der Waals surface area contributed by atoms with Gasteiger partial charge in [-0.3, -0.25) is 9.69 Å². The number of hydrogen-bond donors (Lipinski definition) is 1. The molecule has 0 bridgehead atoms. The number of benzene rings is 2. The normalized spacial score (nSPS) is 14.3. The Morgan fingerprint density at radius 2 is 1.96 bits per heavy atom. The van der Waals surface area contributed by atoms with Crippen molar-refractivity contribution in [1.82, 2.24) is 14.9 Å². The Labute approximate surface area is 147 Å². The van der Waals surface area contributed by atoms with Crippen LogP contribution in [0.1, 0.15) is 22.4 Å². The molecule has 3 aromatic rings. The quantitative estimate of drug-likeness (QED) is 0.801. The molecule has 2 aromatic carbocycles. The Bertz CT molecular complexity index is 947. The second-order valence-corrected chi connectivity index (χ2v) is 6.66. The fourth-order valence-electron chi connectivity index (χ4n) is 3.43. The van der Waals surface area contributed by atoms with Crippen molar-refractivity contribution in [1.29, 1.82) is 0 Å². The van der Waals surface area contributed by atoms with Crippen LogP contribution in [0, 0.1) is 6.92 Å². The van der Waals surface area contributed by atoms with Crippen LogP contribution in [0.15, 0.2) is 59.4 Å². The van der Waals surface area contributed by atoms with Crippen molar-refractivity contribution in [3.63, 3.8) is 0 Å². The number of hydrogen-bond acceptors (Lipinski definition) is 3. The van der Waals surface area contributed by atoms with Gasteiger partial charge in [-0.1, -0.05) is 60.2 Å². The number of fused-ring (bicyclic) bond motifs is 1. The second-order valence-electron chi connectivity index (χ2n) is 6.66. The molecule has 0 aliphatic carbocycles. The lowest BCUT2D eigenvalue weighted by Crippen LogP contribution is -2.35. The summed E-state index contributed by atoms with van der Waals surface area (Å²) in [5, 5.41) is 0. The number of aromatic nitrogens is 2. The molecule has 4 nitrogen and oxygen atoms in total. The lowest BCUT2D eigenvalue weighted by molar-refractivity contribution is 0.240. The van der Waals surface area contributed by atoms with Crippen molar-refractivity contribution < 1.29 is 0 Å². The van der Waals surface area contributed by atoms with E-state index < -0.39 is 0 Å². The molecule has 0 radical (unpaired) electrons. The maximum absolute atomic E-state index is 12.5. The maximum atomic E-state index is 12.5. The van der Waals surface area contributed by atoms with Gasteiger partial charge in [0.1, 0.15) is 5.82 Å². The van der Waals surface area contributed by atoms with E-state index in [4.69, 9.17) is 4.98 Å². The van der Waals surface area contributed by atoms with Gasteiger partial charge in [-0.25, -0.2) is 4.98 Å². The van der Waals surface area contributed by atoms with Gasteiger partial charge in [-0.15, -0.1) is 0 Å². The van der Waals surface area contributed by atoms with Crippen LogP contribution in [0.3, 0.4) is 0 Å². The first kappa shape index (κ1) is 15.8. The number of rotatable bonds is 3. The lowest BCUT2D eigenvalue weighted by atomic mass is 10.0. The van der Waals surface area contributed by atoms with E-state index in [1.807, 2.05) is 30.3 Å². The number of H-pyrrole nitrogens is 1. The van der Waals surface area contributed by atoms with Crippen molar-refractivity contribution in [2.24, 2.45) is 0 Å². The van der Waals surface area contributed by atoms with Crippen LogP contribution in [0.5, 0.6) is 0 Å². The van der Waals surface area contributed by atoms with Crippen LogP contribution in [-0.2, 0) is 19.5 Å². The second kappa shape index (κ2) is 6.65. The van der Waals surface area contributed by atoms with Crippen molar-refractivity contribution in [3.05, 3.63) is 87.3 Å². The first-order valence-electron chi connectivity index (χ1n) is 8.64. The molecule has 4 rings (SSSR count). The van der Waals surface area contributed by atoms with Crippen LogP contribution in [0.25, 0.3) is 11.4 Å². The first-order chi connectivity index (χ1) is 12.2. The van der Waals surface area contributed by atoms with Gasteiger partial charge >= 0.3 is 0 Å². The summed E-state index contributed by atoms with van der Waals surface area (Å²) < 4.78 is 0. The zero-order valence-corrected chi connectivity index (χ0v) is 14.3. The third-order valence-electron chi connectivity index (χ3n) is 4.69. The van der Waals surface area contributed by atoms with Gasteiger partial charge in [0.2, 0.25) is 0 Å². The molecule has 0 amide bonds. The van der Waals surface area contributed by atoms with E-state index >= 15 is 0 Å². The van der Waals surface area contributed by atoms with Gasteiger partial charge in [-0.05, 0) is 18.9 Å². The monoisotopic (exact) mass is 331 g/mol. The molecule has 0 atom stereocenters. The molecular weight excluding hydrogens is 310 g/mol. The summed E-state index contributed by atoms with van der Waals surface area (Å²) in [7, 11) is 0. The molecule has 126 valence electrons. The van der Waals surface area contributed by atoms with Gasteiger partial charge < -0.3 is 4.98 Å². The topological polar surface area (TPSA) is 49.0 Å². The highest BCUT2D eigenvalue weighted by Gasteiger charge is 2.21. The Morgan fingerprint density at radius 1 is 1.12 bits per heavy atom. The molecule has 0 fully saturated rings. The van der Waals surface area contributed by atoms with E-state index in [2.05, 4.69) is 41.1 Å². The standard InChI is InChI=1S/C21H21N3O/c1-15-6-5-7-16(12-15)13-24-11-10-18-19(14-24)22-20(23-21(18)25)17-8-3-2-4-9-17/h2-9,12H,10-11,13-14H2,1H3,(H,22,23,25). The van der Waals surface area contributed by atoms with Crippen molar-refractivity contribution >= 4 is 0 Å². The van der Waals surface area contributed by atoms with Crippen LogP contribution < -0.4 is 5.56 Å². The van der Waals surface area contributed by atoms with Crippen LogP contribution in [-0.4, -0.2) is 21.4 Å². The fourth-order valence-corrected chi connectivity index (χ4v) is 3.43. The predicted octanol–water partition coefficient (Wildman–Crippen LogP) is 3.30. The number of nitrogens with zero attached hydrogens (tertiary/aromatic N) is 2. The molecule has 25 heavy (non-hydrogen) atoms. The Morgan fingerprint density at radius 3 is 2.76 bits per heavy atom. The summed E-state index contributed by atoms with van der Waals surface area (Å²) in [6, 6.07) is 18.4. The lowest BCUT2D eigenvalue weighted by Gasteiger charge is -2.27. The minimum atomic E-state index is -0.000872. The molecule has 1 aromatic heterocycles. The molecule has 1 N–H and O–H groups in total. The molecule has 0 unspecified atom stereocenters. The van der Waals surface area contributed by atoms with Gasteiger partial charge in [0, 0.05) is 30.8 Å². The Balaban J connectivity index is 1.61. The van der Waals surface area contributed by atoms with E-state index in [-0.39, 0.29) is 5.56 Å². The van der Waals surface area contributed by atoms with Crippen LogP contribution in [0.4, 0.5) is 0 Å². The molecule has 0 saturated heterocycles. The van der Waals surface area contributed by atoms with Crippen molar-refractivity contribution in [2.45, 2.75) is 26.4 Å². The molecule has 1 aliphatic heterocycles. The zero-order chi connectivity index (χ0) is 17.2. The highest BCUT2D eigenvalue weighted by Crippen LogP contribution is 2.20. The minimum Gasteiger partial charge on any atom is -0.306 e. The Hall–Kier alpha value is -2.72. The highest BCUT2D eigenvalue weighted by atomic mass is 16.1. The summed E-state index contributed by atoms with van der Waals surface area (Å²) in [6.07, 6.45) is 0.749. The van der Waals surface area contributed by atoms with E-state index in [0.29, 0.717) is 12.4 Å². The van der Waals surface area contributed by atoms with Gasteiger partial charge in [0.05, 0.1) is 5.69 Å². The van der Waals surface area contributed by atoms with Crippen LogP contribution in [0.2, 0.25) is 0 Å². The maximum Gasteiger partial charge on any atom is 0.254 e. The molecule has 4 heteroatoms. The van der Waals surface area contributed by atoms with Crippen LogP contribution >= 0.6 is 0 Å². The highest BCUT2D eigenvalue weighted by molar-refractivity contribution is 5.54. The average Bonchev–Trinajstić information content (AvgIpc) is 2.62. The van der Waals surface area contributed by atoms with E-state index in [1.165, 1.54) is 11.1 Å². The summed E-state index contributed by atoms with van der Waals surface area (Å²) >= 11 is 0. The number of aryl methyl sites for hydroxylation is 1. The van der Waals surface area contributed by atoms with Gasteiger partial charge in [0.25, 0.3) is 5.56 Å². The minimum absolute atomic E-state index is 0.000872. The summed E-state index contributed by atoms with van der Waals surface area (Å²) in [6.45, 7) is 4.60. The third kappa shape index (κ3) is 3.39. The third-order valence-corrected chi connectivity index (χ3v) is 4.69. The van der Waals surface area contributed by atoms with Gasteiger partial charge in [0.15, 0.2) is 0 Å². The number of nitrogens with one attached hydrogen (secondary N) is 1. The largest absolute Gasteiger partial charge is 0.306 e. The van der Waals surface area contributed by atoms with Crippen molar-refractivity contribution in [2.75, 3.05) is 6.54 Å². The molecular formula is C21H21N3O. The fraction of sp³-hybridized carbons (Fsp3) is 0.238. The molecule has 1 aliphatic rings. The summed E-state index contributed by atoms with van der Waals surface area (Å²) in [4.78, 5) is 22.5. The molecule has 0 spiro atoms. The van der Waals surface area contributed by atoms with E-state index in [9.17, 15) is 4.79 Å². The van der Waals surface area contributed by atoms with Crippen molar-refractivity contribution in [3.8, 4) is 11.4 Å². The average molecular weight is 331 g/mol. The zero-order valence-electron chi connectivity index (χ0n) is 14.3. The molecule has 2 heterocycles. The summed E-state index contributed by atoms with van der Waals surface area (Å²) in [5.74, 6) is 0.654. The predicted molar refractivity (Wildman–Crippen MR) is 99.3 cm³/mol. The van der Waals surface area contributed by atoms with Gasteiger partial charge in [-0.2, -0.15) is 0 Å².